The number of hydrogen-bond acceptors (Lipinski definition) is 4. The van der Waals surface area contributed by atoms with Gasteiger partial charge in [0.15, 0.2) is 0 Å². The van der Waals surface area contributed by atoms with Crippen LogP contribution >= 0.6 is 0 Å². The molecule has 0 bridgehead atoms. The largest absolute Gasteiger partial charge is 0.364 e. The van der Waals surface area contributed by atoms with Gasteiger partial charge in [0.05, 0.1) is 13.2 Å². The van der Waals surface area contributed by atoms with Gasteiger partial charge in [-0.15, -0.1) is 6.58 Å². The molecule has 2 rings (SSSR count). The van der Waals surface area contributed by atoms with Crippen LogP contribution < -0.4 is 0 Å². The molecule has 0 radical (unpaired) electrons. The molecule has 14 heavy (non-hydrogen) atoms. The Morgan fingerprint density at radius 2 is 2.29 bits per heavy atom. The fraction of sp³-hybridized carbons (Fsp3) is 0.500. The van der Waals surface area contributed by atoms with Crippen molar-refractivity contribution in [3.8, 4) is 0 Å². The topological polar surface area (TPSA) is 44.5 Å². The summed E-state index contributed by atoms with van der Waals surface area (Å²) in [6.07, 6.45) is 4.92. The molecule has 1 aromatic rings. The van der Waals surface area contributed by atoms with E-state index in [0.717, 1.165) is 12.8 Å². The van der Waals surface area contributed by atoms with Gasteiger partial charge in [0.25, 0.3) is 0 Å². The molecular weight excluding hydrogens is 182 g/mol. The highest BCUT2D eigenvalue weighted by molar-refractivity contribution is 5.06. The Labute approximate surface area is 82.5 Å². The van der Waals surface area contributed by atoms with Gasteiger partial charge in [-0.25, -0.2) is 0 Å². The van der Waals surface area contributed by atoms with Crippen molar-refractivity contribution in [2.45, 2.75) is 18.6 Å². The van der Waals surface area contributed by atoms with E-state index in [9.17, 15) is 0 Å². The third-order valence-corrected chi connectivity index (χ3v) is 2.26. The minimum Gasteiger partial charge on any atom is -0.364 e. The number of ether oxygens (including phenoxy) is 2. The van der Waals surface area contributed by atoms with E-state index in [-0.39, 0.29) is 0 Å². The molecule has 1 aromatic heterocycles. The van der Waals surface area contributed by atoms with E-state index in [0.29, 0.717) is 18.9 Å². The summed E-state index contributed by atoms with van der Waals surface area (Å²) >= 11 is 0. The quantitative estimate of drug-likeness (QED) is 0.687. The third kappa shape index (κ3) is 1.58. The van der Waals surface area contributed by atoms with E-state index >= 15 is 0 Å². The van der Waals surface area contributed by atoms with Crippen LogP contribution in [-0.4, -0.2) is 18.4 Å². The van der Waals surface area contributed by atoms with Crippen molar-refractivity contribution in [1.82, 2.24) is 5.16 Å². The maximum absolute atomic E-state index is 5.59. The van der Waals surface area contributed by atoms with Crippen LogP contribution in [0.15, 0.2) is 29.5 Å². The Balaban J connectivity index is 2.17. The van der Waals surface area contributed by atoms with Crippen LogP contribution in [0.5, 0.6) is 0 Å². The normalized spacial score (nSPS) is 19.7. The van der Waals surface area contributed by atoms with Crippen LogP contribution in [0.1, 0.15) is 18.5 Å². The second-order valence-electron chi connectivity index (χ2n) is 3.16. The monoisotopic (exact) mass is 195 g/mol. The number of nitrogens with zero attached hydrogens (tertiary/aromatic N) is 1. The van der Waals surface area contributed by atoms with Crippen molar-refractivity contribution >= 4 is 0 Å². The molecule has 0 saturated carbocycles. The minimum absolute atomic E-state index is 0.601. The number of aromatic nitrogens is 1. The number of allylic oxidation sites excluding steroid dienone is 1. The molecule has 1 saturated heterocycles. The van der Waals surface area contributed by atoms with Crippen LogP contribution in [0.2, 0.25) is 0 Å². The summed E-state index contributed by atoms with van der Waals surface area (Å²) in [7, 11) is 0. The van der Waals surface area contributed by atoms with Crippen molar-refractivity contribution in [3.63, 3.8) is 0 Å². The molecule has 4 heteroatoms. The van der Waals surface area contributed by atoms with Crippen molar-refractivity contribution in [3.05, 3.63) is 30.7 Å². The molecule has 1 fully saturated rings. The van der Waals surface area contributed by atoms with Gasteiger partial charge in [-0.3, -0.25) is 0 Å². The van der Waals surface area contributed by atoms with E-state index in [1.807, 2.05) is 6.08 Å². The van der Waals surface area contributed by atoms with Crippen molar-refractivity contribution in [1.29, 1.82) is 0 Å². The first-order valence-electron chi connectivity index (χ1n) is 4.67. The molecule has 0 aliphatic carbocycles. The van der Waals surface area contributed by atoms with E-state index in [2.05, 4.69) is 11.7 Å². The zero-order valence-corrected chi connectivity index (χ0v) is 7.94. The molecule has 0 amide bonds. The van der Waals surface area contributed by atoms with Crippen LogP contribution in [0, 0.1) is 0 Å². The standard InChI is InChI=1S/C10H13NO3/c1-2-3-5-10(12-7-8-13-10)9-4-6-14-11-9/h2,4,6H,1,3,5,7-8H2. The Morgan fingerprint density at radius 1 is 1.50 bits per heavy atom. The number of rotatable bonds is 4. The van der Waals surface area contributed by atoms with Crippen molar-refractivity contribution < 1.29 is 14.0 Å². The summed E-state index contributed by atoms with van der Waals surface area (Å²) in [4.78, 5) is 0. The van der Waals surface area contributed by atoms with Gasteiger partial charge in [0.2, 0.25) is 5.79 Å². The molecule has 0 spiro atoms. The molecular formula is C10H13NO3. The van der Waals surface area contributed by atoms with E-state index in [1.54, 1.807) is 6.07 Å². The maximum atomic E-state index is 5.59. The van der Waals surface area contributed by atoms with Crippen LogP contribution in [-0.2, 0) is 15.3 Å². The first-order valence-corrected chi connectivity index (χ1v) is 4.67. The van der Waals surface area contributed by atoms with Crippen molar-refractivity contribution in [2.75, 3.05) is 13.2 Å². The highest BCUT2D eigenvalue weighted by Crippen LogP contribution is 2.34. The molecule has 4 nitrogen and oxygen atoms in total. The summed E-state index contributed by atoms with van der Waals surface area (Å²) in [6, 6.07) is 1.77. The van der Waals surface area contributed by atoms with Gasteiger partial charge in [0, 0.05) is 12.5 Å². The lowest BCUT2D eigenvalue weighted by molar-refractivity contribution is -0.174. The predicted molar refractivity (Wildman–Crippen MR) is 49.5 cm³/mol. The average Bonchev–Trinajstić information content (AvgIpc) is 2.86. The SMILES string of the molecule is C=CCCC1(c2ccon2)OCCO1. The van der Waals surface area contributed by atoms with Gasteiger partial charge in [-0.1, -0.05) is 11.2 Å². The number of hydrogen-bond donors (Lipinski definition) is 0. The average molecular weight is 195 g/mol. The second kappa shape index (κ2) is 3.94. The Kier molecular flexibility index (Phi) is 2.65. The van der Waals surface area contributed by atoms with Gasteiger partial charge >= 0.3 is 0 Å². The molecule has 76 valence electrons. The lowest BCUT2D eigenvalue weighted by Crippen LogP contribution is -2.27. The first kappa shape index (κ1) is 9.43. The Morgan fingerprint density at radius 3 is 2.86 bits per heavy atom. The highest BCUT2D eigenvalue weighted by Gasteiger charge is 2.40. The fourth-order valence-electron chi connectivity index (χ4n) is 1.58. The van der Waals surface area contributed by atoms with Crippen LogP contribution in [0.4, 0.5) is 0 Å². The third-order valence-electron chi connectivity index (χ3n) is 2.26. The van der Waals surface area contributed by atoms with Gasteiger partial charge in [0.1, 0.15) is 12.0 Å². The van der Waals surface area contributed by atoms with Gasteiger partial charge in [-0.2, -0.15) is 0 Å². The lowest BCUT2D eigenvalue weighted by Gasteiger charge is -2.23. The predicted octanol–water partition coefficient (Wildman–Crippen LogP) is 1.84. The van der Waals surface area contributed by atoms with E-state index in [1.165, 1.54) is 6.26 Å². The highest BCUT2D eigenvalue weighted by atomic mass is 16.7. The first-order chi connectivity index (χ1) is 6.87. The Bertz CT molecular complexity index is 288. The molecule has 1 aliphatic rings. The summed E-state index contributed by atoms with van der Waals surface area (Å²) < 4.78 is 16.0. The van der Waals surface area contributed by atoms with E-state index in [4.69, 9.17) is 14.0 Å². The zero-order valence-electron chi connectivity index (χ0n) is 7.94. The van der Waals surface area contributed by atoms with Gasteiger partial charge in [-0.05, 0) is 6.42 Å². The summed E-state index contributed by atoms with van der Waals surface area (Å²) in [5.74, 6) is -0.707. The molecule has 0 aromatic carbocycles. The molecule has 1 aliphatic heterocycles. The minimum atomic E-state index is -0.707. The summed E-state index contributed by atoms with van der Waals surface area (Å²) in [6.45, 7) is 4.88. The Hall–Kier alpha value is -1.13. The molecule has 0 unspecified atom stereocenters. The lowest BCUT2D eigenvalue weighted by atomic mass is 10.1. The zero-order chi connectivity index (χ0) is 9.86. The second-order valence-corrected chi connectivity index (χ2v) is 3.16. The van der Waals surface area contributed by atoms with Crippen molar-refractivity contribution in [2.24, 2.45) is 0 Å². The summed E-state index contributed by atoms with van der Waals surface area (Å²) in [5, 5.41) is 3.86. The van der Waals surface area contributed by atoms with Gasteiger partial charge < -0.3 is 14.0 Å². The maximum Gasteiger partial charge on any atom is 0.216 e. The molecule has 0 atom stereocenters. The van der Waals surface area contributed by atoms with Crippen LogP contribution in [0.25, 0.3) is 0 Å². The molecule has 0 N–H and O–H groups in total. The summed E-state index contributed by atoms with van der Waals surface area (Å²) in [5.41, 5.74) is 0.705. The van der Waals surface area contributed by atoms with Crippen LogP contribution in [0.3, 0.4) is 0 Å². The van der Waals surface area contributed by atoms with E-state index < -0.39 is 5.79 Å². The smallest absolute Gasteiger partial charge is 0.216 e. The molecule has 2 heterocycles. The fourth-order valence-corrected chi connectivity index (χ4v) is 1.58.